The van der Waals surface area contributed by atoms with Crippen LogP contribution in [0.1, 0.15) is 51.8 Å². The van der Waals surface area contributed by atoms with Crippen LogP contribution in [0.15, 0.2) is 60.7 Å². The Kier molecular flexibility index (Phi) is 10.8. The Hall–Kier alpha value is -2.87. The number of alkyl carbamates (subject to hydrolysis) is 2. The first kappa shape index (κ1) is 28.4. The molecular formula is C25H35N2O7P. The van der Waals surface area contributed by atoms with E-state index in [2.05, 4.69) is 10.6 Å². The van der Waals surface area contributed by atoms with Gasteiger partial charge in [-0.05, 0) is 45.7 Å². The molecule has 0 radical (unpaired) electrons. The summed E-state index contributed by atoms with van der Waals surface area (Å²) in [6.07, 6.45) is -1.60. The van der Waals surface area contributed by atoms with E-state index >= 15 is 0 Å². The first-order valence-corrected chi connectivity index (χ1v) is 13.1. The van der Waals surface area contributed by atoms with Crippen LogP contribution in [0.3, 0.4) is 0 Å². The van der Waals surface area contributed by atoms with Crippen molar-refractivity contribution in [2.24, 2.45) is 0 Å². The zero-order valence-electron chi connectivity index (χ0n) is 20.9. The van der Waals surface area contributed by atoms with Gasteiger partial charge in [0.1, 0.15) is 12.2 Å². The summed E-state index contributed by atoms with van der Waals surface area (Å²) in [5.74, 6) is -1.31. The summed E-state index contributed by atoms with van der Waals surface area (Å²) >= 11 is 0. The van der Waals surface area contributed by atoms with E-state index in [1.807, 2.05) is 30.3 Å². The maximum atomic E-state index is 13.9. The fourth-order valence-corrected chi connectivity index (χ4v) is 5.22. The van der Waals surface area contributed by atoms with Crippen LogP contribution < -0.4 is 10.6 Å². The molecule has 0 unspecified atom stereocenters. The van der Waals surface area contributed by atoms with Crippen LogP contribution in [-0.2, 0) is 29.7 Å². The summed E-state index contributed by atoms with van der Waals surface area (Å²) in [5.41, 5.74) is 0.571. The minimum absolute atomic E-state index is 0.00244. The minimum atomic E-state index is -3.99. The topological polar surface area (TPSA) is 112 Å². The number of hydrogen-bond donors (Lipinski definition) is 2. The highest BCUT2D eigenvalue weighted by Gasteiger charge is 2.44. The maximum Gasteiger partial charge on any atom is 0.408 e. The molecule has 0 aliphatic carbocycles. The lowest BCUT2D eigenvalue weighted by Crippen LogP contribution is -2.47. The van der Waals surface area contributed by atoms with E-state index in [1.54, 1.807) is 65.0 Å². The molecule has 2 aromatic carbocycles. The van der Waals surface area contributed by atoms with E-state index in [1.165, 1.54) is 0 Å². The fraction of sp³-hybridized carbons (Fsp3) is 0.440. The summed E-state index contributed by atoms with van der Waals surface area (Å²) in [5, 5.41) is 5.35. The van der Waals surface area contributed by atoms with Gasteiger partial charge in [-0.15, -0.1) is 0 Å². The average Bonchev–Trinajstić information content (AvgIpc) is 2.80. The van der Waals surface area contributed by atoms with Gasteiger partial charge in [-0.25, -0.2) is 9.59 Å². The molecule has 0 bridgehead atoms. The van der Waals surface area contributed by atoms with Crippen LogP contribution in [0, 0.1) is 0 Å². The van der Waals surface area contributed by atoms with Gasteiger partial charge < -0.3 is 29.2 Å². The van der Waals surface area contributed by atoms with Crippen molar-refractivity contribution in [1.29, 1.82) is 0 Å². The van der Waals surface area contributed by atoms with E-state index in [0.717, 1.165) is 5.56 Å². The Balaban J connectivity index is 2.40. The maximum absolute atomic E-state index is 13.9. The molecule has 0 aliphatic rings. The molecule has 2 atom stereocenters. The van der Waals surface area contributed by atoms with Crippen molar-refractivity contribution < 1.29 is 32.7 Å². The van der Waals surface area contributed by atoms with Gasteiger partial charge in [0.2, 0.25) is 0 Å². The second kappa shape index (κ2) is 13.3. The summed E-state index contributed by atoms with van der Waals surface area (Å²) in [7, 11) is -3.99. The largest absolute Gasteiger partial charge is 0.445 e. The molecule has 0 saturated heterocycles. The Morgan fingerprint density at radius 2 is 1.40 bits per heavy atom. The smallest absolute Gasteiger partial charge is 0.408 e. The van der Waals surface area contributed by atoms with Crippen molar-refractivity contribution in [1.82, 2.24) is 10.6 Å². The lowest BCUT2D eigenvalue weighted by Gasteiger charge is -2.34. The van der Waals surface area contributed by atoms with E-state index in [0.29, 0.717) is 5.56 Å². The van der Waals surface area contributed by atoms with Crippen molar-refractivity contribution in [3.8, 4) is 0 Å². The van der Waals surface area contributed by atoms with Crippen LogP contribution in [0.5, 0.6) is 0 Å². The van der Waals surface area contributed by atoms with Gasteiger partial charge >= 0.3 is 19.8 Å². The highest BCUT2D eigenvalue weighted by atomic mass is 31.2. The number of nitrogens with one attached hydrogen (secondary N) is 2. The van der Waals surface area contributed by atoms with Gasteiger partial charge in [0.25, 0.3) is 0 Å². The minimum Gasteiger partial charge on any atom is -0.445 e. The Labute approximate surface area is 207 Å². The summed E-state index contributed by atoms with van der Waals surface area (Å²) in [6, 6.07) is 16.9. The van der Waals surface area contributed by atoms with Gasteiger partial charge in [-0.3, -0.25) is 4.57 Å². The molecule has 0 spiro atoms. The normalized spacial score (nSPS) is 13.4. The number of carbonyl (C=O) groups excluding carboxylic acids is 2. The van der Waals surface area contributed by atoms with Gasteiger partial charge in [0.05, 0.1) is 19.3 Å². The van der Waals surface area contributed by atoms with Crippen molar-refractivity contribution in [3.05, 3.63) is 71.8 Å². The average molecular weight is 507 g/mol. The van der Waals surface area contributed by atoms with Crippen molar-refractivity contribution >= 4 is 19.8 Å². The predicted molar refractivity (Wildman–Crippen MR) is 133 cm³/mol. The van der Waals surface area contributed by atoms with Gasteiger partial charge in [0, 0.05) is 0 Å². The molecule has 0 aromatic heterocycles. The first-order valence-electron chi connectivity index (χ1n) is 11.5. The van der Waals surface area contributed by atoms with Crippen LogP contribution in [0.4, 0.5) is 9.59 Å². The summed E-state index contributed by atoms with van der Waals surface area (Å²) < 4.78 is 35.8. The van der Waals surface area contributed by atoms with Crippen LogP contribution in [0.2, 0.25) is 0 Å². The number of rotatable bonds is 11. The van der Waals surface area contributed by atoms with Crippen LogP contribution >= 0.6 is 7.60 Å². The molecule has 2 aromatic rings. The third-order valence-electron chi connectivity index (χ3n) is 4.58. The second-order valence-corrected chi connectivity index (χ2v) is 10.7. The van der Waals surface area contributed by atoms with E-state index in [9.17, 15) is 14.2 Å². The summed E-state index contributed by atoms with van der Waals surface area (Å²) in [4.78, 5) is 25.6. The SMILES string of the molecule is CCOP(=O)(OCC)[C@H](NC(=O)OCc1ccccc1)[C@H](NC(=O)OC(C)(C)C)c1ccccc1. The molecular weight excluding hydrogens is 471 g/mol. The van der Waals surface area contributed by atoms with E-state index in [4.69, 9.17) is 18.5 Å². The zero-order chi connectivity index (χ0) is 25.9. The number of ether oxygens (including phenoxy) is 2. The highest BCUT2D eigenvalue weighted by molar-refractivity contribution is 7.54. The monoisotopic (exact) mass is 506 g/mol. The number of benzene rings is 2. The van der Waals surface area contributed by atoms with Gasteiger partial charge in [-0.1, -0.05) is 60.7 Å². The molecule has 35 heavy (non-hydrogen) atoms. The first-order chi connectivity index (χ1) is 16.6. The molecule has 0 aliphatic heterocycles. The molecule has 2 rings (SSSR count). The molecule has 0 fully saturated rings. The Bertz CT molecular complexity index is 970. The number of hydrogen-bond acceptors (Lipinski definition) is 7. The Morgan fingerprint density at radius 1 is 0.857 bits per heavy atom. The lowest BCUT2D eigenvalue weighted by molar-refractivity contribution is 0.0493. The van der Waals surface area contributed by atoms with Crippen LogP contribution in [-0.4, -0.2) is 36.8 Å². The Morgan fingerprint density at radius 3 is 1.91 bits per heavy atom. The molecule has 0 saturated carbocycles. The van der Waals surface area contributed by atoms with Gasteiger partial charge in [-0.2, -0.15) is 0 Å². The van der Waals surface area contributed by atoms with Crippen molar-refractivity contribution in [2.45, 2.75) is 58.7 Å². The summed E-state index contributed by atoms with van der Waals surface area (Å²) in [6.45, 7) is 8.63. The molecule has 0 heterocycles. The standard InChI is InChI=1S/C25H35N2O7P/c1-6-32-35(30,33-7-2)22(27-23(28)31-18-19-14-10-8-11-15-19)21(20-16-12-9-13-17-20)26-24(29)34-25(3,4)5/h8-17,21-22H,6-7,18H2,1-5H3,(H,26,29)(H,27,28)/t21-,22+/m1/s1. The van der Waals surface area contributed by atoms with Gasteiger partial charge in [0.15, 0.2) is 5.78 Å². The van der Waals surface area contributed by atoms with E-state index in [-0.39, 0.29) is 19.8 Å². The number of amides is 2. The molecule has 9 nitrogen and oxygen atoms in total. The lowest BCUT2D eigenvalue weighted by atomic mass is 10.1. The molecule has 10 heteroatoms. The molecule has 2 amide bonds. The third-order valence-corrected chi connectivity index (χ3v) is 6.93. The van der Waals surface area contributed by atoms with E-state index < -0.39 is 37.2 Å². The molecule has 192 valence electrons. The van der Waals surface area contributed by atoms with Crippen molar-refractivity contribution in [2.75, 3.05) is 13.2 Å². The van der Waals surface area contributed by atoms with Crippen LogP contribution in [0.25, 0.3) is 0 Å². The predicted octanol–water partition coefficient (Wildman–Crippen LogP) is 5.77. The quantitative estimate of drug-likeness (QED) is 0.372. The highest BCUT2D eigenvalue weighted by Crippen LogP contribution is 2.55. The fourth-order valence-electron chi connectivity index (χ4n) is 3.23. The molecule has 2 N–H and O–H groups in total. The van der Waals surface area contributed by atoms with Crippen molar-refractivity contribution in [3.63, 3.8) is 0 Å². The number of carbonyl (C=O) groups is 2. The second-order valence-electron chi connectivity index (χ2n) is 8.56. The zero-order valence-corrected chi connectivity index (χ0v) is 21.7. The third kappa shape index (κ3) is 9.36.